The first-order valence-electron chi connectivity index (χ1n) is 6.67. The molecule has 1 N–H and O–H groups in total. The second kappa shape index (κ2) is 6.42. The number of aromatic nitrogens is 1. The molecule has 0 radical (unpaired) electrons. The van der Waals surface area contributed by atoms with E-state index in [1.54, 1.807) is 12.3 Å². The van der Waals surface area contributed by atoms with Gasteiger partial charge in [-0.1, -0.05) is 40.2 Å². The van der Waals surface area contributed by atoms with Gasteiger partial charge in [0.15, 0.2) is 0 Å². The fourth-order valence-electron chi connectivity index (χ4n) is 2.03. The van der Waals surface area contributed by atoms with E-state index in [0.717, 1.165) is 26.9 Å². The number of halogens is 1. The average Bonchev–Trinajstić information content (AvgIpc) is 2.96. The van der Waals surface area contributed by atoms with Crippen molar-refractivity contribution in [1.29, 1.82) is 0 Å². The number of phenolic OH excluding ortho intramolecular Hbond substituents is 1. The third-order valence-corrected chi connectivity index (χ3v) is 4.51. The molecule has 0 bridgehead atoms. The highest BCUT2D eigenvalue weighted by Crippen LogP contribution is 2.28. The Morgan fingerprint density at radius 3 is 2.68 bits per heavy atom. The largest absolute Gasteiger partial charge is 0.507 e. The quantitative estimate of drug-likeness (QED) is 0.630. The molecule has 0 saturated heterocycles. The molecule has 0 unspecified atom stereocenters. The van der Waals surface area contributed by atoms with Crippen molar-refractivity contribution in [1.82, 2.24) is 4.98 Å². The van der Waals surface area contributed by atoms with Crippen molar-refractivity contribution in [2.24, 2.45) is 4.99 Å². The van der Waals surface area contributed by atoms with Crippen LogP contribution >= 0.6 is 27.3 Å². The molecule has 0 saturated carbocycles. The van der Waals surface area contributed by atoms with Gasteiger partial charge in [-0.05, 0) is 30.7 Å². The van der Waals surface area contributed by atoms with Crippen LogP contribution in [-0.2, 0) is 0 Å². The van der Waals surface area contributed by atoms with Crippen LogP contribution in [0.5, 0.6) is 5.75 Å². The van der Waals surface area contributed by atoms with E-state index < -0.39 is 0 Å². The van der Waals surface area contributed by atoms with E-state index in [1.807, 2.05) is 48.7 Å². The lowest BCUT2D eigenvalue weighted by Crippen LogP contribution is -1.87. The zero-order chi connectivity index (χ0) is 15.5. The Hall–Kier alpha value is -1.98. The van der Waals surface area contributed by atoms with Gasteiger partial charge in [0.25, 0.3) is 0 Å². The van der Waals surface area contributed by atoms with E-state index in [1.165, 1.54) is 11.3 Å². The molecule has 0 aliphatic heterocycles. The summed E-state index contributed by atoms with van der Waals surface area (Å²) in [5.74, 6) is 0.230. The van der Waals surface area contributed by atoms with Crippen molar-refractivity contribution in [3.8, 4) is 17.0 Å². The standard InChI is InChI=1S/C17H13BrN2OS/c1-11-3-2-4-16(21)14(11)9-19-17-20-15(10-22-17)12-5-7-13(18)8-6-12/h2-10,21H,1H3. The number of aliphatic imine (C=N–C) groups is 1. The molecule has 0 spiro atoms. The number of aryl methyl sites for hydroxylation is 1. The normalized spacial score (nSPS) is 11.2. The van der Waals surface area contributed by atoms with E-state index in [9.17, 15) is 5.11 Å². The summed E-state index contributed by atoms with van der Waals surface area (Å²) in [5.41, 5.74) is 3.66. The maximum atomic E-state index is 9.87. The van der Waals surface area contributed by atoms with E-state index in [-0.39, 0.29) is 5.75 Å². The van der Waals surface area contributed by atoms with Gasteiger partial charge in [0.05, 0.1) is 5.69 Å². The Bertz CT molecular complexity index is 805. The lowest BCUT2D eigenvalue weighted by Gasteiger charge is -2.01. The molecule has 22 heavy (non-hydrogen) atoms. The third-order valence-electron chi connectivity index (χ3n) is 3.24. The van der Waals surface area contributed by atoms with Crippen LogP contribution in [-0.4, -0.2) is 16.3 Å². The maximum absolute atomic E-state index is 9.87. The zero-order valence-corrected chi connectivity index (χ0v) is 14.2. The highest BCUT2D eigenvalue weighted by atomic mass is 79.9. The Balaban J connectivity index is 1.85. The molecular formula is C17H13BrN2OS. The summed E-state index contributed by atoms with van der Waals surface area (Å²) in [6.45, 7) is 1.94. The zero-order valence-electron chi connectivity index (χ0n) is 11.8. The Morgan fingerprint density at radius 2 is 1.95 bits per heavy atom. The minimum atomic E-state index is 0.230. The van der Waals surface area contributed by atoms with Gasteiger partial charge in [0, 0.05) is 27.2 Å². The van der Waals surface area contributed by atoms with Gasteiger partial charge in [-0.15, -0.1) is 11.3 Å². The van der Waals surface area contributed by atoms with Crippen molar-refractivity contribution >= 4 is 38.6 Å². The van der Waals surface area contributed by atoms with Gasteiger partial charge >= 0.3 is 0 Å². The van der Waals surface area contributed by atoms with E-state index in [4.69, 9.17) is 0 Å². The predicted molar refractivity (Wildman–Crippen MR) is 95.3 cm³/mol. The highest BCUT2D eigenvalue weighted by molar-refractivity contribution is 9.10. The molecular weight excluding hydrogens is 360 g/mol. The summed E-state index contributed by atoms with van der Waals surface area (Å²) in [7, 11) is 0. The van der Waals surface area contributed by atoms with Crippen LogP contribution in [0.3, 0.4) is 0 Å². The van der Waals surface area contributed by atoms with Crippen LogP contribution in [0.15, 0.2) is 57.3 Å². The van der Waals surface area contributed by atoms with Crippen LogP contribution in [0.25, 0.3) is 11.3 Å². The molecule has 1 aromatic heterocycles. The van der Waals surface area contributed by atoms with Crippen molar-refractivity contribution in [2.45, 2.75) is 6.92 Å². The number of aromatic hydroxyl groups is 1. The lowest BCUT2D eigenvalue weighted by atomic mass is 10.1. The topological polar surface area (TPSA) is 45.5 Å². The van der Waals surface area contributed by atoms with Crippen molar-refractivity contribution in [3.05, 3.63) is 63.4 Å². The van der Waals surface area contributed by atoms with Crippen LogP contribution in [0.4, 0.5) is 5.13 Å². The number of benzene rings is 2. The predicted octanol–water partition coefficient (Wildman–Crippen LogP) is 5.34. The summed E-state index contributed by atoms with van der Waals surface area (Å²) < 4.78 is 1.04. The summed E-state index contributed by atoms with van der Waals surface area (Å²) in [5, 5.41) is 12.5. The van der Waals surface area contributed by atoms with Gasteiger partial charge in [0.2, 0.25) is 5.13 Å². The minimum absolute atomic E-state index is 0.230. The molecule has 0 aliphatic rings. The summed E-state index contributed by atoms with van der Waals surface area (Å²) in [4.78, 5) is 8.88. The molecule has 0 fully saturated rings. The average molecular weight is 373 g/mol. The lowest BCUT2D eigenvalue weighted by molar-refractivity contribution is 0.474. The Morgan fingerprint density at radius 1 is 1.18 bits per heavy atom. The molecule has 3 nitrogen and oxygen atoms in total. The van der Waals surface area contributed by atoms with Crippen molar-refractivity contribution < 1.29 is 5.11 Å². The maximum Gasteiger partial charge on any atom is 0.209 e. The van der Waals surface area contributed by atoms with Crippen LogP contribution < -0.4 is 0 Å². The SMILES string of the molecule is Cc1cccc(O)c1C=Nc1nc(-c2ccc(Br)cc2)cs1. The molecule has 0 atom stereocenters. The number of rotatable bonds is 3. The number of thiazole rings is 1. The van der Waals surface area contributed by atoms with E-state index in [0.29, 0.717) is 5.13 Å². The fraction of sp³-hybridized carbons (Fsp3) is 0.0588. The van der Waals surface area contributed by atoms with E-state index in [2.05, 4.69) is 25.9 Å². The van der Waals surface area contributed by atoms with Crippen LogP contribution in [0.2, 0.25) is 0 Å². The first kappa shape index (κ1) is 14.9. The highest BCUT2D eigenvalue weighted by Gasteiger charge is 2.05. The number of hydrogen-bond acceptors (Lipinski definition) is 4. The molecule has 2 aromatic carbocycles. The van der Waals surface area contributed by atoms with Gasteiger partial charge < -0.3 is 5.11 Å². The Kier molecular flexibility index (Phi) is 4.36. The molecule has 0 aliphatic carbocycles. The number of hydrogen-bond donors (Lipinski definition) is 1. The van der Waals surface area contributed by atoms with Crippen molar-refractivity contribution in [3.63, 3.8) is 0 Å². The smallest absolute Gasteiger partial charge is 0.209 e. The molecule has 5 heteroatoms. The summed E-state index contributed by atoms with van der Waals surface area (Å²) >= 11 is 4.90. The first-order chi connectivity index (χ1) is 10.6. The summed E-state index contributed by atoms with van der Waals surface area (Å²) in [6, 6.07) is 13.4. The second-order valence-corrected chi connectivity index (χ2v) is 6.54. The van der Waals surface area contributed by atoms with Gasteiger partial charge in [-0.3, -0.25) is 0 Å². The summed E-state index contributed by atoms with van der Waals surface area (Å²) in [6.07, 6.45) is 1.66. The Labute approximate surface area is 141 Å². The van der Waals surface area contributed by atoms with Crippen molar-refractivity contribution in [2.75, 3.05) is 0 Å². The van der Waals surface area contributed by atoms with Crippen LogP contribution in [0.1, 0.15) is 11.1 Å². The van der Waals surface area contributed by atoms with Gasteiger partial charge in [-0.25, -0.2) is 9.98 Å². The van der Waals surface area contributed by atoms with Crippen LogP contribution in [0, 0.1) is 6.92 Å². The molecule has 0 amide bonds. The third kappa shape index (κ3) is 3.26. The number of phenols is 1. The van der Waals surface area contributed by atoms with E-state index >= 15 is 0 Å². The number of nitrogens with zero attached hydrogens (tertiary/aromatic N) is 2. The monoisotopic (exact) mass is 372 g/mol. The minimum Gasteiger partial charge on any atom is -0.507 e. The second-order valence-electron chi connectivity index (χ2n) is 4.79. The fourth-order valence-corrected chi connectivity index (χ4v) is 2.96. The van der Waals surface area contributed by atoms with Gasteiger partial charge in [0.1, 0.15) is 5.75 Å². The van der Waals surface area contributed by atoms with Gasteiger partial charge in [-0.2, -0.15) is 0 Å². The molecule has 3 aromatic rings. The molecule has 1 heterocycles. The first-order valence-corrected chi connectivity index (χ1v) is 8.35. The molecule has 3 rings (SSSR count). The molecule has 110 valence electrons.